The van der Waals surface area contributed by atoms with Crippen LogP contribution in [0.2, 0.25) is 0 Å². The molecule has 0 bridgehead atoms. The number of nitrogens with zero attached hydrogens (tertiary/aromatic N) is 2. The van der Waals surface area contributed by atoms with E-state index in [9.17, 15) is 0 Å². The molecule has 2 N–H and O–H groups in total. The minimum Gasteiger partial charge on any atom is -0.361 e. The molecule has 1 saturated heterocycles. The molecule has 3 atom stereocenters. The van der Waals surface area contributed by atoms with Gasteiger partial charge in [0.15, 0.2) is 5.11 Å². The molecular formula is C21H30N4S2. The molecule has 0 saturated carbocycles. The summed E-state index contributed by atoms with van der Waals surface area (Å²) in [5, 5.41) is 6.03. The number of thioether (sulfide) groups is 1. The fourth-order valence-electron chi connectivity index (χ4n) is 4.98. The van der Waals surface area contributed by atoms with E-state index >= 15 is 0 Å². The van der Waals surface area contributed by atoms with Gasteiger partial charge in [-0.1, -0.05) is 0 Å². The summed E-state index contributed by atoms with van der Waals surface area (Å²) in [5.74, 6) is 0.554. The van der Waals surface area contributed by atoms with Crippen LogP contribution in [0.25, 0.3) is 10.9 Å². The lowest BCUT2D eigenvalue weighted by atomic mass is 9.74. The van der Waals surface area contributed by atoms with E-state index in [0.717, 1.165) is 37.6 Å². The first-order chi connectivity index (χ1) is 13.0. The van der Waals surface area contributed by atoms with Crippen molar-refractivity contribution in [2.75, 3.05) is 32.9 Å². The van der Waals surface area contributed by atoms with E-state index in [1.54, 1.807) is 0 Å². The first-order valence-electron chi connectivity index (χ1n) is 9.99. The van der Waals surface area contributed by atoms with Crippen molar-refractivity contribution in [3.63, 3.8) is 0 Å². The number of thiocarbonyl (C=S) groups is 1. The van der Waals surface area contributed by atoms with Gasteiger partial charge in [-0.15, -0.1) is 11.8 Å². The molecule has 146 valence electrons. The Morgan fingerprint density at radius 1 is 1.37 bits per heavy atom. The number of likely N-dealkylation sites (N-methyl/N-ethyl adjacent to an activating group) is 1. The SMILES string of the molecule is CCN(CC)C(=S)N[C@H]1C[C@@H]2c3cc(SC)cc4[nH]cc(c34)C[C@H]2N(C)C1. The van der Waals surface area contributed by atoms with Crippen LogP contribution in [-0.4, -0.2) is 64.9 Å². The van der Waals surface area contributed by atoms with E-state index in [4.69, 9.17) is 12.2 Å². The molecule has 27 heavy (non-hydrogen) atoms. The number of piperidine rings is 1. The van der Waals surface area contributed by atoms with Crippen molar-refractivity contribution in [2.24, 2.45) is 0 Å². The second kappa shape index (κ2) is 7.64. The van der Waals surface area contributed by atoms with Gasteiger partial charge in [-0.2, -0.15) is 0 Å². The second-order valence-corrected chi connectivity index (χ2v) is 9.09. The van der Waals surface area contributed by atoms with Gasteiger partial charge >= 0.3 is 0 Å². The highest BCUT2D eigenvalue weighted by atomic mass is 32.2. The Labute approximate surface area is 172 Å². The average molecular weight is 403 g/mol. The zero-order valence-corrected chi connectivity index (χ0v) is 18.3. The van der Waals surface area contributed by atoms with Crippen molar-refractivity contribution in [3.8, 4) is 0 Å². The fraction of sp³-hybridized carbons (Fsp3) is 0.571. The van der Waals surface area contributed by atoms with Crippen LogP contribution < -0.4 is 5.32 Å². The number of aromatic amines is 1. The Bertz CT molecular complexity index is 842. The lowest BCUT2D eigenvalue weighted by Crippen LogP contribution is -2.56. The zero-order valence-electron chi connectivity index (χ0n) is 16.7. The summed E-state index contributed by atoms with van der Waals surface area (Å²) in [5.41, 5.74) is 4.30. The number of fused-ring (bicyclic) bond motifs is 2. The van der Waals surface area contributed by atoms with Crippen molar-refractivity contribution in [3.05, 3.63) is 29.5 Å². The van der Waals surface area contributed by atoms with Crippen molar-refractivity contribution >= 4 is 40.0 Å². The smallest absolute Gasteiger partial charge is 0.169 e. The summed E-state index contributed by atoms with van der Waals surface area (Å²) in [6.07, 6.45) is 6.67. The number of H-pyrrole nitrogens is 1. The topological polar surface area (TPSA) is 34.3 Å². The van der Waals surface area contributed by atoms with Crippen LogP contribution in [0.4, 0.5) is 0 Å². The highest BCUT2D eigenvalue weighted by Gasteiger charge is 2.40. The van der Waals surface area contributed by atoms with E-state index in [2.05, 4.69) is 65.6 Å². The monoisotopic (exact) mass is 402 g/mol. The number of likely N-dealkylation sites (tertiary alicyclic amines) is 1. The van der Waals surface area contributed by atoms with Crippen molar-refractivity contribution < 1.29 is 0 Å². The molecule has 1 fully saturated rings. The second-order valence-electron chi connectivity index (χ2n) is 7.83. The third kappa shape index (κ3) is 3.36. The predicted octanol–water partition coefficient (Wildman–Crippen LogP) is 3.82. The van der Waals surface area contributed by atoms with Gasteiger partial charge in [-0.25, -0.2) is 0 Å². The molecule has 0 spiro atoms. The number of rotatable bonds is 4. The van der Waals surface area contributed by atoms with E-state index in [-0.39, 0.29) is 0 Å². The van der Waals surface area contributed by atoms with Gasteiger partial charge in [0.1, 0.15) is 0 Å². The van der Waals surface area contributed by atoms with Crippen LogP contribution in [0.1, 0.15) is 37.3 Å². The fourth-order valence-corrected chi connectivity index (χ4v) is 5.89. The van der Waals surface area contributed by atoms with Gasteiger partial charge in [0.05, 0.1) is 0 Å². The minimum absolute atomic E-state index is 0.401. The maximum Gasteiger partial charge on any atom is 0.169 e. The normalized spacial score (nSPS) is 24.7. The first kappa shape index (κ1) is 19.1. The Kier molecular flexibility index (Phi) is 5.41. The standard InChI is InChI=1S/C21H30N4S2/c1-5-25(6-2)21(26)23-14-8-16-17-9-15(27-4)10-18-20(17)13(11-22-18)7-19(16)24(3)12-14/h9-11,14,16,19,22H,5-8,12H2,1-4H3,(H,23,26)/t14-,16+,19+/m0/s1. The summed E-state index contributed by atoms with van der Waals surface area (Å²) in [6, 6.07) is 5.71. The summed E-state index contributed by atoms with van der Waals surface area (Å²) in [6.45, 7) is 7.30. The van der Waals surface area contributed by atoms with Crippen LogP contribution in [0.15, 0.2) is 23.2 Å². The van der Waals surface area contributed by atoms with Gasteiger partial charge in [0, 0.05) is 59.6 Å². The number of nitrogens with one attached hydrogen (secondary N) is 2. The highest BCUT2D eigenvalue weighted by Crippen LogP contribution is 2.44. The Morgan fingerprint density at radius 3 is 2.85 bits per heavy atom. The average Bonchev–Trinajstić information content (AvgIpc) is 3.07. The molecule has 1 aliphatic carbocycles. The van der Waals surface area contributed by atoms with Crippen LogP contribution in [0.5, 0.6) is 0 Å². The molecule has 4 nitrogen and oxygen atoms in total. The molecule has 6 heteroatoms. The number of hydrogen-bond acceptors (Lipinski definition) is 3. The largest absolute Gasteiger partial charge is 0.361 e. The molecule has 0 unspecified atom stereocenters. The molecule has 1 aliphatic heterocycles. The van der Waals surface area contributed by atoms with Gasteiger partial charge in [-0.3, -0.25) is 0 Å². The summed E-state index contributed by atoms with van der Waals surface area (Å²) < 4.78 is 0. The molecule has 0 radical (unpaired) electrons. The van der Waals surface area contributed by atoms with E-state index < -0.39 is 0 Å². The zero-order chi connectivity index (χ0) is 19.1. The quantitative estimate of drug-likeness (QED) is 0.600. The maximum absolute atomic E-state index is 5.68. The molecular weight excluding hydrogens is 372 g/mol. The van der Waals surface area contributed by atoms with Crippen LogP contribution >= 0.6 is 24.0 Å². The number of benzene rings is 1. The Balaban J connectivity index is 1.64. The molecule has 2 aromatic rings. The first-order valence-corrected chi connectivity index (χ1v) is 11.6. The minimum atomic E-state index is 0.401. The molecule has 1 aromatic heterocycles. The lowest BCUT2D eigenvalue weighted by molar-refractivity contribution is 0.133. The lowest BCUT2D eigenvalue weighted by Gasteiger charge is -2.46. The van der Waals surface area contributed by atoms with E-state index in [1.165, 1.54) is 26.9 Å². The van der Waals surface area contributed by atoms with Gasteiger partial charge in [0.2, 0.25) is 0 Å². The van der Waals surface area contributed by atoms with Gasteiger partial charge in [-0.05, 0) is 75.5 Å². The van der Waals surface area contributed by atoms with E-state index in [1.807, 2.05) is 11.8 Å². The Morgan fingerprint density at radius 2 is 2.15 bits per heavy atom. The molecule has 1 aromatic carbocycles. The highest BCUT2D eigenvalue weighted by molar-refractivity contribution is 7.98. The molecule has 0 amide bonds. The third-order valence-electron chi connectivity index (χ3n) is 6.39. The maximum atomic E-state index is 5.68. The van der Waals surface area contributed by atoms with Crippen molar-refractivity contribution in [2.45, 2.75) is 49.6 Å². The number of aromatic nitrogens is 1. The van der Waals surface area contributed by atoms with Crippen molar-refractivity contribution in [1.29, 1.82) is 0 Å². The summed E-state index contributed by atoms with van der Waals surface area (Å²) in [7, 11) is 2.28. The number of hydrogen-bond donors (Lipinski definition) is 2. The molecule has 2 heterocycles. The van der Waals surface area contributed by atoms with Gasteiger partial charge < -0.3 is 20.1 Å². The Hall–Kier alpha value is -1.24. The van der Waals surface area contributed by atoms with Crippen LogP contribution in [-0.2, 0) is 6.42 Å². The summed E-state index contributed by atoms with van der Waals surface area (Å²) >= 11 is 7.51. The van der Waals surface area contributed by atoms with Crippen molar-refractivity contribution in [1.82, 2.24) is 20.1 Å². The van der Waals surface area contributed by atoms with Gasteiger partial charge in [0.25, 0.3) is 0 Å². The summed E-state index contributed by atoms with van der Waals surface area (Å²) in [4.78, 5) is 9.65. The molecule has 4 rings (SSSR count). The van der Waals surface area contributed by atoms with Crippen LogP contribution in [0.3, 0.4) is 0 Å². The van der Waals surface area contributed by atoms with E-state index in [0.29, 0.717) is 18.0 Å². The predicted molar refractivity (Wildman–Crippen MR) is 120 cm³/mol. The molecule has 2 aliphatic rings. The van der Waals surface area contributed by atoms with Crippen LogP contribution in [0, 0.1) is 0 Å². The third-order valence-corrected chi connectivity index (χ3v) is 7.47.